The van der Waals surface area contributed by atoms with Crippen molar-refractivity contribution in [2.75, 3.05) is 32.0 Å². The molecule has 0 atom stereocenters. The Balaban J connectivity index is 2.50. The van der Waals surface area contributed by atoms with Crippen LogP contribution < -0.4 is 5.73 Å². The Bertz CT molecular complexity index is 406. The Hall–Kier alpha value is -1.26. The first-order valence-electron chi connectivity index (χ1n) is 6.03. The van der Waals surface area contributed by atoms with Gasteiger partial charge in [0.15, 0.2) is 0 Å². The Morgan fingerprint density at radius 2 is 2.06 bits per heavy atom. The van der Waals surface area contributed by atoms with Crippen LogP contribution in [0.25, 0.3) is 0 Å². The van der Waals surface area contributed by atoms with Crippen LogP contribution in [0.2, 0.25) is 5.02 Å². The van der Waals surface area contributed by atoms with Crippen LogP contribution in [0.3, 0.4) is 0 Å². The van der Waals surface area contributed by atoms with Crippen LogP contribution in [0.4, 0.5) is 5.69 Å². The second-order valence-corrected chi connectivity index (χ2v) is 4.31. The number of nitrogens with zero attached hydrogens (tertiary/aromatic N) is 1. The lowest BCUT2D eigenvalue weighted by Crippen LogP contribution is -2.27. The number of carbonyl (C=O) groups excluding carboxylic acids is 1. The zero-order chi connectivity index (χ0) is 13.5. The zero-order valence-corrected chi connectivity index (χ0v) is 11.5. The van der Waals surface area contributed by atoms with Gasteiger partial charge in [0.25, 0.3) is 0 Å². The Labute approximate surface area is 113 Å². The highest BCUT2D eigenvalue weighted by Gasteiger charge is 2.12. The number of benzene rings is 1. The molecule has 0 bridgehead atoms. The molecule has 0 fully saturated rings. The molecule has 0 heterocycles. The molecule has 0 aliphatic rings. The van der Waals surface area contributed by atoms with Gasteiger partial charge >= 0.3 is 5.97 Å². The number of rotatable bonds is 6. The van der Waals surface area contributed by atoms with Gasteiger partial charge in [0.05, 0.1) is 10.6 Å². The lowest BCUT2D eigenvalue weighted by molar-refractivity contribution is 0.0466. The zero-order valence-electron chi connectivity index (χ0n) is 10.8. The normalized spacial score (nSPS) is 10.7. The first-order valence-corrected chi connectivity index (χ1v) is 6.40. The minimum absolute atomic E-state index is 0.322. The van der Waals surface area contributed by atoms with E-state index < -0.39 is 5.97 Å². The van der Waals surface area contributed by atoms with Crippen LogP contribution in [0.1, 0.15) is 24.2 Å². The van der Waals surface area contributed by atoms with Crippen molar-refractivity contribution in [2.24, 2.45) is 0 Å². The number of hydrogen-bond donors (Lipinski definition) is 1. The lowest BCUT2D eigenvalue weighted by atomic mass is 10.2. The molecule has 0 spiro atoms. The van der Waals surface area contributed by atoms with Crippen LogP contribution in [0.15, 0.2) is 18.2 Å². The fraction of sp³-hybridized carbons (Fsp3) is 0.462. The van der Waals surface area contributed by atoms with Gasteiger partial charge in [-0.3, -0.25) is 0 Å². The molecule has 1 aromatic rings. The number of likely N-dealkylation sites (N-methyl/N-ethyl adjacent to an activating group) is 1. The van der Waals surface area contributed by atoms with E-state index in [-0.39, 0.29) is 0 Å². The predicted molar refractivity (Wildman–Crippen MR) is 73.9 cm³/mol. The standard InChI is InChI=1S/C13H19ClN2O2/c1-3-16(4-2)7-8-18-13(17)11-6-5-10(15)9-12(11)14/h5-6,9H,3-4,7-8,15H2,1-2H3. The third kappa shape index (κ3) is 4.20. The molecule has 1 rings (SSSR count). The Morgan fingerprint density at radius 1 is 1.39 bits per heavy atom. The molecule has 2 N–H and O–H groups in total. The molecule has 0 aromatic heterocycles. The van der Waals surface area contributed by atoms with Gasteiger partial charge < -0.3 is 15.4 Å². The Morgan fingerprint density at radius 3 is 2.61 bits per heavy atom. The van der Waals surface area contributed by atoms with Crippen LogP contribution in [0, 0.1) is 0 Å². The predicted octanol–water partition coefficient (Wildman–Crippen LogP) is 2.42. The minimum atomic E-state index is -0.410. The maximum atomic E-state index is 11.8. The van der Waals surface area contributed by atoms with E-state index in [4.69, 9.17) is 22.1 Å². The summed E-state index contributed by atoms with van der Waals surface area (Å²) in [7, 11) is 0. The van der Waals surface area contributed by atoms with Crippen molar-refractivity contribution in [1.82, 2.24) is 4.90 Å². The maximum Gasteiger partial charge on any atom is 0.339 e. The van der Waals surface area contributed by atoms with E-state index in [0.29, 0.717) is 22.9 Å². The maximum absolute atomic E-state index is 11.8. The summed E-state index contributed by atoms with van der Waals surface area (Å²) in [4.78, 5) is 13.9. The van der Waals surface area contributed by atoms with E-state index in [1.165, 1.54) is 0 Å². The summed E-state index contributed by atoms with van der Waals surface area (Å²) in [6.07, 6.45) is 0. The molecule has 100 valence electrons. The summed E-state index contributed by atoms with van der Waals surface area (Å²) in [5.74, 6) is -0.410. The van der Waals surface area contributed by atoms with E-state index in [0.717, 1.165) is 19.6 Å². The minimum Gasteiger partial charge on any atom is -0.461 e. The van der Waals surface area contributed by atoms with Crippen molar-refractivity contribution in [3.8, 4) is 0 Å². The fourth-order valence-corrected chi connectivity index (χ4v) is 1.85. The van der Waals surface area contributed by atoms with E-state index in [2.05, 4.69) is 18.7 Å². The number of anilines is 1. The van der Waals surface area contributed by atoms with Gasteiger partial charge in [-0.1, -0.05) is 25.4 Å². The smallest absolute Gasteiger partial charge is 0.339 e. The Kier molecular flexibility index (Phi) is 5.95. The van der Waals surface area contributed by atoms with Gasteiger partial charge in [-0.05, 0) is 31.3 Å². The number of nitrogens with two attached hydrogens (primary N) is 1. The first kappa shape index (κ1) is 14.8. The lowest BCUT2D eigenvalue weighted by Gasteiger charge is -2.17. The second kappa shape index (κ2) is 7.24. The molecule has 0 saturated heterocycles. The molecule has 0 radical (unpaired) electrons. The summed E-state index contributed by atoms with van der Waals surface area (Å²) < 4.78 is 5.18. The number of carbonyl (C=O) groups is 1. The largest absolute Gasteiger partial charge is 0.461 e. The number of esters is 1. The summed E-state index contributed by atoms with van der Waals surface area (Å²) in [6.45, 7) is 7.12. The van der Waals surface area contributed by atoms with Crippen molar-refractivity contribution in [3.63, 3.8) is 0 Å². The number of ether oxygens (including phenoxy) is 1. The van der Waals surface area contributed by atoms with Crippen molar-refractivity contribution in [1.29, 1.82) is 0 Å². The molecule has 5 heteroatoms. The average Bonchev–Trinajstić information content (AvgIpc) is 2.34. The average molecular weight is 271 g/mol. The van der Waals surface area contributed by atoms with Gasteiger partial charge in [-0.25, -0.2) is 4.79 Å². The van der Waals surface area contributed by atoms with E-state index in [1.807, 2.05) is 0 Å². The monoisotopic (exact) mass is 270 g/mol. The quantitative estimate of drug-likeness (QED) is 0.637. The molecule has 4 nitrogen and oxygen atoms in total. The molecular weight excluding hydrogens is 252 g/mol. The molecule has 0 saturated carbocycles. The first-order chi connectivity index (χ1) is 8.58. The summed E-state index contributed by atoms with van der Waals surface area (Å²) in [5, 5.41) is 0.322. The number of nitrogen functional groups attached to an aromatic ring is 1. The highest BCUT2D eigenvalue weighted by atomic mass is 35.5. The van der Waals surface area contributed by atoms with Gasteiger partial charge in [-0.15, -0.1) is 0 Å². The fourth-order valence-electron chi connectivity index (χ4n) is 1.58. The molecule has 0 amide bonds. The highest BCUT2D eigenvalue weighted by Crippen LogP contribution is 2.19. The molecule has 1 aromatic carbocycles. The summed E-state index contributed by atoms with van der Waals surface area (Å²) >= 11 is 5.93. The van der Waals surface area contributed by atoms with Gasteiger partial charge in [0.1, 0.15) is 6.61 Å². The van der Waals surface area contributed by atoms with E-state index >= 15 is 0 Å². The number of hydrogen-bond acceptors (Lipinski definition) is 4. The number of halogens is 1. The van der Waals surface area contributed by atoms with Crippen LogP contribution in [-0.2, 0) is 4.74 Å². The third-order valence-electron chi connectivity index (χ3n) is 2.75. The second-order valence-electron chi connectivity index (χ2n) is 3.90. The van der Waals surface area contributed by atoms with Gasteiger partial charge in [0.2, 0.25) is 0 Å². The third-order valence-corrected chi connectivity index (χ3v) is 3.06. The molecule has 18 heavy (non-hydrogen) atoms. The van der Waals surface area contributed by atoms with E-state index in [1.54, 1.807) is 18.2 Å². The summed E-state index contributed by atoms with van der Waals surface area (Å²) in [5.41, 5.74) is 6.44. The van der Waals surface area contributed by atoms with Crippen molar-refractivity contribution in [2.45, 2.75) is 13.8 Å². The van der Waals surface area contributed by atoms with E-state index in [9.17, 15) is 4.79 Å². The van der Waals surface area contributed by atoms with Crippen molar-refractivity contribution in [3.05, 3.63) is 28.8 Å². The van der Waals surface area contributed by atoms with Crippen LogP contribution >= 0.6 is 11.6 Å². The van der Waals surface area contributed by atoms with Crippen LogP contribution in [-0.4, -0.2) is 37.1 Å². The molecular formula is C13H19ClN2O2. The molecule has 0 aliphatic heterocycles. The van der Waals surface area contributed by atoms with Crippen molar-refractivity contribution >= 4 is 23.3 Å². The van der Waals surface area contributed by atoms with Gasteiger partial charge in [-0.2, -0.15) is 0 Å². The topological polar surface area (TPSA) is 55.6 Å². The van der Waals surface area contributed by atoms with Crippen molar-refractivity contribution < 1.29 is 9.53 Å². The van der Waals surface area contributed by atoms with Gasteiger partial charge in [0, 0.05) is 12.2 Å². The molecule has 0 unspecified atom stereocenters. The summed E-state index contributed by atoms with van der Waals surface area (Å²) in [6, 6.07) is 4.76. The highest BCUT2D eigenvalue weighted by molar-refractivity contribution is 6.33. The molecule has 0 aliphatic carbocycles. The SMILES string of the molecule is CCN(CC)CCOC(=O)c1ccc(N)cc1Cl. The van der Waals surface area contributed by atoms with Crippen LogP contribution in [0.5, 0.6) is 0 Å².